The molecule has 1 spiro atoms. The van der Waals surface area contributed by atoms with Crippen LogP contribution in [-0.4, -0.2) is 64.5 Å². The maximum Gasteiger partial charge on any atom is 0.193 e. The summed E-state index contributed by atoms with van der Waals surface area (Å²) in [6.07, 6.45) is 7.59. The summed E-state index contributed by atoms with van der Waals surface area (Å²) in [5.41, 5.74) is 0.821. The minimum Gasteiger partial charge on any atom is -0.385 e. The second-order valence-corrected chi connectivity index (χ2v) is 7.47. The smallest absolute Gasteiger partial charge is 0.193 e. The Kier molecular flexibility index (Phi) is 6.98. The van der Waals surface area contributed by atoms with Gasteiger partial charge in [0.25, 0.3) is 0 Å². The third-order valence-corrected chi connectivity index (χ3v) is 6.01. The van der Waals surface area contributed by atoms with E-state index in [-0.39, 0.29) is 24.0 Å². The first-order valence-corrected chi connectivity index (χ1v) is 8.73. The lowest BCUT2D eigenvalue weighted by Crippen LogP contribution is -2.48. The van der Waals surface area contributed by atoms with E-state index in [9.17, 15) is 0 Å². The van der Waals surface area contributed by atoms with E-state index < -0.39 is 0 Å². The lowest BCUT2D eigenvalue weighted by Gasteiger charge is -2.42. The lowest BCUT2D eigenvalue weighted by molar-refractivity contribution is 0.0726. The van der Waals surface area contributed by atoms with Gasteiger partial charge in [0.1, 0.15) is 0 Å². The van der Waals surface area contributed by atoms with Gasteiger partial charge in [-0.15, -0.1) is 24.0 Å². The van der Waals surface area contributed by atoms with E-state index in [2.05, 4.69) is 15.2 Å². The van der Waals surface area contributed by atoms with Crippen LogP contribution in [0.25, 0.3) is 0 Å². The first-order chi connectivity index (χ1) is 10.7. The number of hydrogen-bond acceptors (Lipinski definition) is 3. The fourth-order valence-corrected chi connectivity index (χ4v) is 4.20. The Morgan fingerprint density at radius 2 is 2.13 bits per heavy atom. The quantitative estimate of drug-likeness (QED) is 0.408. The van der Waals surface area contributed by atoms with Gasteiger partial charge in [0, 0.05) is 52.4 Å². The van der Waals surface area contributed by atoms with Crippen molar-refractivity contribution >= 4 is 29.9 Å². The molecule has 1 aliphatic carbocycles. The third kappa shape index (κ3) is 4.31. The summed E-state index contributed by atoms with van der Waals surface area (Å²) >= 11 is 0. The third-order valence-electron chi connectivity index (χ3n) is 6.01. The van der Waals surface area contributed by atoms with Gasteiger partial charge in [0.15, 0.2) is 5.96 Å². The number of halogens is 1. The van der Waals surface area contributed by atoms with Crippen LogP contribution in [0.3, 0.4) is 0 Å². The van der Waals surface area contributed by atoms with Crippen LogP contribution in [0.2, 0.25) is 0 Å². The topological polar surface area (TPSA) is 46.1 Å². The van der Waals surface area contributed by atoms with Gasteiger partial charge in [-0.1, -0.05) is 6.42 Å². The highest BCUT2D eigenvalue weighted by atomic mass is 127. The summed E-state index contributed by atoms with van der Waals surface area (Å²) in [6.45, 7) is 5.96. The van der Waals surface area contributed by atoms with Crippen molar-refractivity contribution in [3.63, 3.8) is 0 Å². The maximum absolute atomic E-state index is 5.63. The minimum atomic E-state index is 0. The molecule has 0 aromatic rings. The normalized spacial score (nSPS) is 29.5. The average Bonchev–Trinajstić information content (AvgIpc) is 3.12. The largest absolute Gasteiger partial charge is 0.385 e. The number of rotatable bonds is 5. The van der Waals surface area contributed by atoms with Crippen LogP contribution < -0.4 is 5.32 Å². The fraction of sp³-hybridized carbons (Fsp3) is 0.941. The molecule has 0 amide bonds. The van der Waals surface area contributed by atoms with Crippen molar-refractivity contribution in [2.24, 2.45) is 15.8 Å². The Morgan fingerprint density at radius 3 is 2.70 bits per heavy atom. The molecule has 23 heavy (non-hydrogen) atoms. The lowest BCUT2D eigenvalue weighted by atomic mass is 9.67. The van der Waals surface area contributed by atoms with Gasteiger partial charge in [0.05, 0.1) is 6.61 Å². The zero-order chi connectivity index (χ0) is 15.5. The zero-order valence-corrected chi connectivity index (χ0v) is 16.9. The van der Waals surface area contributed by atoms with Gasteiger partial charge in [-0.3, -0.25) is 4.99 Å². The molecule has 0 aromatic heterocycles. The Balaban J connectivity index is 0.00000192. The van der Waals surface area contributed by atoms with Gasteiger partial charge in [0.2, 0.25) is 0 Å². The molecule has 1 N–H and O–H groups in total. The van der Waals surface area contributed by atoms with Crippen LogP contribution in [-0.2, 0) is 9.47 Å². The van der Waals surface area contributed by atoms with Crippen molar-refractivity contribution < 1.29 is 9.47 Å². The number of aliphatic imine (C=N–C) groups is 1. The highest BCUT2D eigenvalue weighted by Crippen LogP contribution is 2.43. The summed E-state index contributed by atoms with van der Waals surface area (Å²) < 4.78 is 10.9. The molecule has 134 valence electrons. The van der Waals surface area contributed by atoms with Crippen LogP contribution in [0.1, 0.15) is 38.5 Å². The van der Waals surface area contributed by atoms with Crippen molar-refractivity contribution in [2.45, 2.75) is 38.5 Å². The van der Waals surface area contributed by atoms with Crippen molar-refractivity contribution in [3.8, 4) is 0 Å². The number of ether oxygens (including phenoxy) is 2. The number of nitrogens with one attached hydrogen (secondary N) is 1. The van der Waals surface area contributed by atoms with Crippen molar-refractivity contribution in [1.29, 1.82) is 0 Å². The molecule has 2 heterocycles. The summed E-state index contributed by atoms with van der Waals surface area (Å²) in [5, 5.41) is 3.65. The molecule has 1 unspecified atom stereocenters. The Hall–Kier alpha value is -0.0800. The number of hydrogen-bond donors (Lipinski definition) is 1. The maximum atomic E-state index is 5.63. The molecular formula is C17H32IN3O2. The monoisotopic (exact) mass is 437 g/mol. The Morgan fingerprint density at radius 1 is 1.30 bits per heavy atom. The number of nitrogens with zero attached hydrogens (tertiary/aromatic N) is 2. The molecule has 6 heteroatoms. The average molecular weight is 437 g/mol. The Labute approximate surface area is 157 Å². The second kappa shape index (κ2) is 8.34. The van der Waals surface area contributed by atoms with Gasteiger partial charge in [-0.2, -0.15) is 0 Å². The van der Waals surface area contributed by atoms with Gasteiger partial charge < -0.3 is 19.7 Å². The van der Waals surface area contributed by atoms with E-state index in [0.29, 0.717) is 10.8 Å². The van der Waals surface area contributed by atoms with Crippen LogP contribution in [0.15, 0.2) is 4.99 Å². The second-order valence-electron chi connectivity index (χ2n) is 7.47. The van der Waals surface area contributed by atoms with Crippen LogP contribution in [0.5, 0.6) is 0 Å². The molecule has 3 rings (SSSR count). The predicted octanol–water partition coefficient (Wildman–Crippen LogP) is 2.50. The summed E-state index contributed by atoms with van der Waals surface area (Å²) in [6, 6.07) is 0. The molecule has 3 aliphatic rings. The zero-order valence-electron chi connectivity index (χ0n) is 14.6. The van der Waals surface area contributed by atoms with Crippen LogP contribution in [0, 0.1) is 10.8 Å². The van der Waals surface area contributed by atoms with Crippen molar-refractivity contribution in [1.82, 2.24) is 10.2 Å². The number of methoxy groups -OCH3 is 1. The molecule has 2 saturated heterocycles. The van der Waals surface area contributed by atoms with E-state index in [1.54, 1.807) is 7.11 Å². The molecule has 3 fully saturated rings. The van der Waals surface area contributed by atoms with Crippen LogP contribution >= 0.6 is 24.0 Å². The van der Waals surface area contributed by atoms with Gasteiger partial charge in [-0.25, -0.2) is 0 Å². The fourth-order valence-electron chi connectivity index (χ4n) is 4.20. The highest BCUT2D eigenvalue weighted by molar-refractivity contribution is 14.0. The Bertz CT molecular complexity index is 407. The predicted molar refractivity (Wildman–Crippen MR) is 104 cm³/mol. The first kappa shape index (κ1) is 19.2. The van der Waals surface area contributed by atoms with Crippen molar-refractivity contribution in [2.75, 3.05) is 53.6 Å². The molecule has 1 atom stereocenters. The summed E-state index contributed by atoms with van der Waals surface area (Å²) in [5.74, 6) is 1.08. The van der Waals surface area contributed by atoms with Gasteiger partial charge >= 0.3 is 0 Å². The van der Waals surface area contributed by atoms with Crippen molar-refractivity contribution in [3.05, 3.63) is 0 Å². The van der Waals surface area contributed by atoms with Gasteiger partial charge in [-0.05, 0) is 37.5 Å². The number of guanidine groups is 1. The molecule has 0 radical (unpaired) electrons. The molecule has 5 nitrogen and oxygen atoms in total. The molecular weight excluding hydrogens is 405 g/mol. The summed E-state index contributed by atoms with van der Waals surface area (Å²) in [7, 11) is 3.70. The van der Waals surface area contributed by atoms with Crippen LogP contribution in [0.4, 0.5) is 0 Å². The summed E-state index contributed by atoms with van der Waals surface area (Å²) in [4.78, 5) is 6.95. The minimum absolute atomic E-state index is 0. The van der Waals surface area contributed by atoms with E-state index in [4.69, 9.17) is 9.47 Å². The molecule has 0 bridgehead atoms. The van der Waals surface area contributed by atoms with E-state index >= 15 is 0 Å². The van der Waals surface area contributed by atoms with E-state index in [1.807, 2.05) is 7.05 Å². The SMILES string of the molecule is CN=C(NCC1(CCOC)CCC1)N1CCC2(CCOC2)C1.I. The highest BCUT2D eigenvalue weighted by Gasteiger charge is 2.43. The molecule has 2 aliphatic heterocycles. The van der Waals surface area contributed by atoms with E-state index in [1.165, 1.54) is 32.1 Å². The standard InChI is InChI=1S/C17H31N3O2.HI/c1-18-15(19-12-16(4-3-5-16)7-10-21-2)20-9-6-17(13-20)8-11-22-14-17;/h3-14H2,1-2H3,(H,18,19);1H. The first-order valence-electron chi connectivity index (χ1n) is 8.73. The molecule has 0 aromatic carbocycles. The number of likely N-dealkylation sites (tertiary alicyclic amines) is 1. The van der Waals surface area contributed by atoms with E-state index in [0.717, 1.165) is 51.8 Å². The molecule has 1 saturated carbocycles.